The molecular formula is C19H19Cl2N3O6. The summed E-state index contributed by atoms with van der Waals surface area (Å²) in [6, 6.07) is 6.39. The molecule has 2 aliphatic rings. The van der Waals surface area contributed by atoms with E-state index in [1.165, 1.54) is 10.7 Å². The van der Waals surface area contributed by atoms with E-state index in [0.29, 0.717) is 15.7 Å². The molecule has 3 heterocycles. The summed E-state index contributed by atoms with van der Waals surface area (Å²) in [5, 5.41) is 15.7. The van der Waals surface area contributed by atoms with Crippen molar-refractivity contribution in [3.63, 3.8) is 0 Å². The van der Waals surface area contributed by atoms with Crippen LogP contribution in [0.4, 0.5) is 0 Å². The Balaban J connectivity index is 1.55. The van der Waals surface area contributed by atoms with Gasteiger partial charge in [-0.15, -0.1) is 5.10 Å². The molecule has 0 amide bonds. The molecule has 1 aromatic heterocycles. The number of carbonyl (C=O) groups is 2. The lowest BCUT2D eigenvalue weighted by atomic mass is 10.1. The maximum atomic E-state index is 11.7. The third kappa shape index (κ3) is 4.24. The second kappa shape index (κ2) is 8.43. The first-order chi connectivity index (χ1) is 14.4. The van der Waals surface area contributed by atoms with E-state index < -0.39 is 24.0 Å². The van der Waals surface area contributed by atoms with Gasteiger partial charge in [0.2, 0.25) is 5.88 Å². The zero-order chi connectivity index (χ0) is 21.3. The third-order valence-electron chi connectivity index (χ3n) is 4.90. The molecule has 4 rings (SSSR count). The van der Waals surface area contributed by atoms with Gasteiger partial charge in [0.25, 0.3) is 0 Å². The van der Waals surface area contributed by atoms with Crippen LogP contribution in [0.2, 0.25) is 10.0 Å². The number of ether oxygens (including phenoxy) is 3. The summed E-state index contributed by atoms with van der Waals surface area (Å²) >= 11 is 12.0. The van der Waals surface area contributed by atoms with Crippen molar-refractivity contribution < 1.29 is 28.9 Å². The second-order valence-electron chi connectivity index (χ2n) is 7.06. The number of β-amino-alcohol motifs (C(OH)–C–C–N with tert-alkyl or cyclic N) is 1. The average Bonchev–Trinajstić information content (AvgIpc) is 3.30. The number of hydrogen-bond donors (Lipinski definition) is 1. The molecule has 2 aliphatic heterocycles. The Morgan fingerprint density at radius 3 is 2.47 bits per heavy atom. The molecule has 0 spiro atoms. The first-order valence-corrected chi connectivity index (χ1v) is 10.2. The number of nitrogens with zero attached hydrogens (tertiary/aromatic N) is 3. The summed E-state index contributed by atoms with van der Waals surface area (Å²) in [6.45, 7) is 1.66. The molecule has 1 atom stereocenters. The van der Waals surface area contributed by atoms with Gasteiger partial charge in [-0.3, -0.25) is 0 Å². The van der Waals surface area contributed by atoms with Gasteiger partial charge in [-0.25, -0.2) is 14.3 Å². The number of esters is 2. The topological polar surface area (TPSA) is 103 Å². The van der Waals surface area contributed by atoms with Gasteiger partial charge >= 0.3 is 17.9 Å². The van der Waals surface area contributed by atoms with E-state index in [0.717, 1.165) is 32.4 Å². The van der Waals surface area contributed by atoms with Gasteiger partial charge in [-0.2, -0.15) is 0 Å². The first-order valence-electron chi connectivity index (χ1n) is 9.43. The lowest BCUT2D eigenvalue weighted by molar-refractivity contribution is -0.320. The van der Waals surface area contributed by atoms with Crippen molar-refractivity contribution >= 4 is 35.1 Å². The van der Waals surface area contributed by atoms with E-state index in [1.54, 1.807) is 24.4 Å². The van der Waals surface area contributed by atoms with E-state index >= 15 is 0 Å². The van der Waals surface area contributed by atoms with Crippen LogP contribution in [0.3, 0.4) is 0 Å². The van der Waals surface area contributed by atoms with Crippen molar-refractivity contribution in [3.05, 3.63) is 40.5 Å². The smallest absolute Gasteiger partial charge is 0.399 e. The van der Waals surface area contributed by atoms with Crippen LogP contribution >= 0.6 is 23.2 Å². The first kappa shape index (κ1) is 20.9. The van der Waals surface area contributed by atoms with Gasteiger partial charge in [0.1, 0.15) is 0 Å². The third-order valence-corrected chi connectivity index (χ3v) is 5.64. The van der Waals surface area contributed by atoms with Gasteiger partial charge in [0.05, 0.1) is 15.7 Å². The highest BCUT2D eigenvalue weighted by Gasteiger charge is 2.58. The number of piperidine rings is 1. The number of aliphatic hydroxyl groups is 1. The molecule has 30 heavy (non-hydrogen) atoms. The standard InChI is InChI=1S/C19H19Cl2N3O6/c20-13-5-4-12(10-14(13)21)24-9-6-16(22-24)28-19(29-17(26)18(27)30-19)15(25)11-23-7-2-1-3-8-23/h4-6,9-10,15,25H,1-3,7-8,11H2. The maximum Gasteiger partial charge on any atom is 0.452 e. The highest BCUT2D eigenvalue weighted by Crippen LogP contribution is 2.30. The van der Waals surface area contributed by atoms with Crippen molar-refractivity contribution in [1.29, 1.82) is 0 Å². The summed E-state index contributed by atoms with van der Waals surface area (Å²) in [5.74, 6) is -4.81. The SMILES string of the molecule is O=C1OC(Oc2ccn(-c3ccc(Cl)c(Cl)c3)n2)(C(O)CN2CCCCC2)OC1=O. The van der Waals surface area contributed by atoms with Crippen LogP contribution in [0.1, 0.15) is 19.3 Å². The van der Waals surface area contributed by atoms with Crippen LogP contribution in [0.25, 0.3) is 5.69 Å². The molecule has 0 bridgehead atoms. The number of cyclic esters (lactones) is 2. The van der Waals surface area contributed by atoms with Crippen molar-refractivity contribution in [2.24, 2.45) is 0 Å². The minimum absolute atomic E-state index is 0.0266. The highest BCUT2D eigenvalue weighted by atomic mass is 35.5. The van der Waals surface area contributed by atoms with E-state index in [9.17, 15) is 14.7 Å². The molecule has 2 fully saturated rings. The van der Waals surface area contributed by atoms with Gasteiger partial charge in [0, 0.05) is 18.8 Å². The van der Waals surface area contributed by atoms with E-state index in [1.807, 2.05) is 4.90 Å². The fraction of sp³-hybridized carbons (Fsp3) is 0.421. The molecule has 0 aliphatic carbocycles. The van der Waals surface area contributed by atoms with Crippen LogP contribution in [0.15, 0.2) is 30.5 Å². The molecule has 160 valence electrons. The fourth-order valence-corrected chi connectivity index (χ4v) is 3.68. The van der Waals surface area contributed by atoms with E-state index in [-0.39, 0.29) is 12.4 Å². The van der Waals surface area contributed by atoms with Crippen molar-refractivity contribution in [3.8, 4) is 11.6 Å². The molecule has 2 aromatic rings. The zero-order valence-corrected chi connectivity index (χ0v) is 17.3. The number of halogens is 2. The Kier molecular flexibility index (Phi) is 5.88. The number of likely N-dealkylation sites (tertiary alicyclic amines) is 1. The van der Waals surface area contributed by atoms with E-state index in [4.69, 9.17) is 37.4 Å². The average molecular weight is 456 g/mol. The maximum absolute atomic E-state index is 11.7. The molecule has 1 aromatic carbocycles. The molecule has 0 radical (unpaired) electrons. The van der Waals surface area contributed by atoms with Gasteiger partial charge < -0.3 is 24.2 Å². The monoisotopic (exact) mass is 455 g/mol. The minimum Gasteiger partial charge on any atom is -0.399 e. The summed E-state index contributed by atoms with van der Waals surface area (Å²) in [5.41, 5.74) is 0.600. The lowest BCUT2D eigenvalue weighted by Crippen LogP contribution is -2.54. The largest absolute Gasteiger partial charge is 0.452 e. The minimum atomic E-state index is -2.30. The summed E-state index contributed by atoms with van der Waals surface area (Å²) in [6.07, 6.45) is 3.24. The molecule has 0 saturated carbocycles. The van der Waals surface area contributed by atoms with Gasteiger partial charge in [-0.1, -0.05) is 29.6 Å². The molecule has 2 saturated heterocycles. The van der Waals surface area contributed by atoms with Crippen LogP contribution in [0.5, 0.6) is 5.88 Å². The highest BCUT2D eigenvalue weighted by molar-refractivity contribution is 6.42. The molecule has 1 N–H and O–H groups in total. The number of carbonyl (C=O) groups excluding carboxylic acids is 2. The van der Waals surface area contributed by atoms with Gasteiger partial charge in [-0.05, 0) is 44.1 Å². The number of benzene rings is 1. The molecule has 11 heteroatoms. The Hall–Kier alpha value is -2.33. The van der Waals surface area contributed by atoms with Gasteiger partial charge in [0.15, 0.2) is 6.10 Å². The van der Waals surface area contributed by atoms with Crippen molar-refractivity contribution in [2.75, 3.05) is 19.6 Å². The predicted molar refractivity (Wildman–Crippen MR) is 105 cm³/mol. The number of rotatable bonds is 6. The Bertz CT molecular complexity index is 943. The molecule has 9 nitrogen and oxygen atoms in total. The Morgan fingerprint density at radius 2 is 1.80 bits per heavy atom. The number of aliphatic hydroxyl groups excluding tert-OH is 1. The van der Waals surface area contributed by atoms with Crippen LogP contribution in [-0.4, -0.2) is 63.4 Å². The Labute approximate surface area is 182 Å². The van der Waals surface area contributed by atoms with Crippen LogP contribution in [0, 0.1) is 0 Å². The summed E-state index contributed by atoms with van der Waals surface area (Å²) in [4.78, 5) is 25.4. The van der Waals surface area contributed by atoms with Crippen molar-refractivity contribution in [1.82, 2.24) is 14.7 Å². The Morgan fingerprint density at radius 1 is 1.10 bits per heavy atom. The predicted octanol–water partition coefficient (Wildman–Crippen LogP) is 2.16. The fourth-order valence-electron chi connectivity index (χ4n) is 3.39. The summed E-state index contributed by atoms with van der Waals surface area (Å²) in [7, 11) is 0. The van der Waals surface area contributed by atoms with Crippen LogP contribution in [-0.2, 0) is 19.1 Å². The zero-order valence-electron chi connectivity index (χ0n) is 15.8. The normalized spacial score (nSPS) is 20.0. The number of aromatic nitrogens is 2. The quantitative estimate of drug-likeness (QED) is 0.521. The molecule has 1 unspecified atom stereocenters. The summed E-state index contributed by atoms with van der Waals surface area (Å²) < 4.78 is 17.1. The lowest BCUT2D eigenvalue weighted by Gasteiger charge is -2.33. The number of hydrogen-bond acceptors (Lipinski definition) is 8. The van der Waals surface area contributed by atoms with Crippen LogP contribution < -0.4 is 4.74 Å². The second-order valence-corrected chi connectivity index (χ2v) is 7.87. The van der Waals surface area contributed by atoms with Crippen molar-refractivity contribution in [2.45, 2.75) is 31.3 Å². The van der Waals surface area contributed by atoms with E-state index in [2.05, 4.69) is 5.10 Å². The molecular weight excluding hydrogens is 437 g/mol.